The number of carbonyl (C=O) groups is 1. The minimum atomic E-state index is -3.96. The molecule has 3 aromatic carbocycles. The zero-order valence-electron chi connectivity index (χ0n) is 17.4. The molecule has 0 fully saturated rings. The van der Waals surface area contributed by atoms with Crippen LogP contribution in [0, 0.1) is 13.8 Å². The standard InChI is InChI=1S/C23H23ClN2O3S2/c1-16-7-9-18(10-8-16)26(31(28,29)20-13-11-19(30-3)12-14-20)15-23(27)25-22-6-4-5-21(24)17(22)2/h4-14H,15H2,1-3H3,(H,25,27). The van der Waals surface area contributed by atoms with Crippen molar-refractivity contribution in [3.8, 4) is 0 Å². The van der Waals surface area contributed by atoms with Gasteiger partial charge in [0.25, 0.3) is 10.0 Å². The van der Waals surface area contributed by atoms with Crippen molar-refractivity contribution in [3.63, 3.8) is 0 Å². The number of sulfonamides is 1. The van der Waals surface area contributed by atoms with Gasteiger partial charge in [-0.1, -0.05) is 35.4 Å². The van der Waals surface area contributed by atoms with Crippen LogP contribution >= 0.6 is 23.4 Å². The minimum absolute atomic E-state index is 0.123. The quantitative estimate of drug-likeness (QED) is 0.458. The van der Waals surface area contributed by atoms with Crippen LogP contribution in [0.3, 0.4) is 0 Å². The van der Waals surface area contributed by atoms with Gasteiger partial charge in [0.1, 0.15) is 6.54 Å². The van der Waals surface area contributed by atoms with Gasteiger partial charge in [0.05, 0.1) is 10.6 Å². The van der Waals surface area contributed by atoms with Crippen LogP contribution in [0.4, 0.5) is 11.4 Å². The van der Waals surface area contributed by atoms with Gasteiger partial charge < -0.3 is 5.32 Å². The summed E-state index contributed by atoms with van der Waals surface area (Å²) in [5.74, 6) is -0.463. The maximum atomic E-state index is 13.4. The van der Waals surface area contributed by atoms with Gasteiger partial charge in [0.2, 0.25) is 5.91 Å². The molecule has 0 saturated heterocycles. The highest BCUT2D eigenvalue weighted by Gasteiger charge is 2.27. The molecule has 0 spiro atoms. The van der Waals surface area contributed by atoms with Crippen LogP contribution in [-0.2, 0) is 14.8 Å². The summed E-state index contributed by atoms with van der Waals surface area (Å²) in [5.41, 5.74) is 2.67. The third-order valence-corrected chi connectivity index (χ3v) is 7.74. The van der Waals surface area contributed by atoms with Gasteiger partial charge in [-0.2, -0.15) is 0 Å². The molecule has 0 unspecified atom stereocenters. The van der Waals surface area contributed by atoms with Crippen LogP contribution in [0.2, 0.25) is 5.02 Å². The van der Waals surface area contributed by atoms with E-state index in [1.807, 2.05) is 25.3 Å². The summed E-state index contributed by atoms with van der Waals surface area (Å²) in [4.78, 5) is 13.9. The first-order valence-electron chi connectivity index (χ1n) is 9.51. The highest BCUT2D eigenvalue weighted by Crippen LogP contribution is 2.27. The third kappa shape index (κ3) is 5.42. The lowest BCUT2D eigenvalue weighted by Crippen LogP contribution is -2.38. The van der Waals surface area contributed by atoms with E-state index in [9.17, 15) is 13.2 Å². The largest absolute Gasteiger partial charge is 0.324 e. The van der Waals surface area contributed by atoms with Crippen molar-refractivity contribution < 1.29 is 13.2 Å². The van der Waals surface area contributed by atoms with Crippen LogP contribution in [0.1, 0.15) is 11.1 Å². The van der Waals surface area contributed by atoms with Crippen LogP contribution in [0.5, 0.6) is 0 Å². The summed E-state index contributed by atoms with van der Waals surface area (Å²) in [6.45, 7) is 3.33. The fourth-order valence-electron chi connectivity index (χ4n) is 2.96. The number of amides is 1. The van der Waals surface area contributed by atoms with E-state index in [1.54, 1.807) is 61.5 Å². The van der Waals surface area contributed by atoms with Crippen molar-refractivity contribution in [2.45, 2.75) is 23.6 Å². The van der Waals surface area contributed by atoms with Crippen LogP contribution < -0.4 is 9.62 Å². The number of rotatable bonds is 7. The smallest absolute Gasteiger partial charge is 0.264 e. The molecule has 0 heterocycles. The predicted molar refractivity (Wildman–Crippen MR) is 129 cm³/mol. The molecule has 0 saturated carbocycles. The van der Waals surface area contributed by atoms with E-state index < -0.39 is 15.9 Å². The number of aryl methyl sites for hydroxylation is 1. The first-order valence-corrected chi connectivity index (χ1v) is 12.5. The fraction of sp³-hybridized carbons (Fsp3) is 0.174. The summed E-state index contributed by atoms with van der Waals surface area (Å²) in [7, 11) is -3.96. The molecule has 0 aliphatic rings. The van der Waals surface area contributed by atoms with E-state index in [1.165, 1.54) is 11.8 Å². The zero-order valence-corrected chi connectivity index (χ0v) is 19.8. The number of nitrogens with zero attached hydrogens (tertiary/aromatic N) is 1. The molecule has 0 bridgehead atoms. The first kappa shape index (κ1) is 23.2. The highest BCUT2D eigenvalue weighted by atomic mass is 35.5. The topological polar surface area (TPSA) is 66.5 Å². The monoisotopic (exact) mass is 474 g/mol. The zero-order chi connectivity index (χ0) is 22.6. The molecule has 31 heavy (non-hydrogen) atoms. The maximum absolute atomic E-state index is 13.4. The van der Waals surface area contributed by atoms with E-state index in [-0.39, 0.29) is 11.4 Å². The Kier molecular flexibility index (Phi) is 7.30. The van der Waals surface area contributed by atoms with Gasteiger partial charge in [-0.25, -0.2) is 8.42 Å². The van der Waals surface area contributed by atoms with Crippen molar-refractivity contribution in [3.05, 3.63) is 82.9 Å². The van der Waals surface area contributed by atoms with Crippen molar-refractivity contribution >= 4 is 50.7 Å². The Hall–Kier alpha value is -2.48. The van der Waals surface area contributed by atoms with Crippen LogP contribution in [-0.4, -0.2) is 27.1 Å². The molecule has 3 aromatic rings. The fourth-order valence-corrected chi connectivity index (χ4v) is 4.97. The first-order chi connectivity index (χ1) is 14.7. The average molecular weight is 475 g/mol. The lowest BCUT2D eigenvalue weighted by molar-refractivity contribution is -0.114. The molecule has 1 N–H and O–H groups in total. The van der Waals surface area contributed by atoms with Crippen molar-refractivity contribution in [2.24, 2.45) is 0 Å². The second-order valence-electron chi connectivity index (χ2n) is 6.98. The summed E-state index contributed by atoms with van der Waals surface area (Å²) >= 11 is 7.66. The molecule has 162 valence electrons. The number of halogens is 1. The molecule has 5 nitrogen and oxygen atoms in total. The Balaban J connectivity index is 1.95. The van der Waals surface area contributed by atoms with E-state index >= 15 is 0 Å². The Bertz CT molecular complexity index is 1180. The van der Waals surface area contributed by atoms with E-state index in [0.29, 0.717) is 16.4 Å². The molecule has 0 aliphatic carbocycles. The summed E-state index contributed by atoms with van der Waals surface area (Å²) in [6, 6.07) is 18.8. The number of hydrogen-bond acceptors (Lipinski definition) is 4. The molecule has 0 aliphatic heterocycles. The summed E-state index contributed by atoms with van der Waals surface area (Å²) in [5, 5.41) is 3.29. The molecule has 8 heteroatoms. The summed E-state index contributed by atoms with van der Waals surface area (Å²) < 4.78 is 28.0. The van der Waals surface area contributed by atoms with Crippen molar-refractivity contribution in [1.29, 1.82) is 0 Å². The Morgan fingerprint density at radius 1 is 1.00 bits per heavy atom. The number of anilines is 2. The second kappa shape index (κ2) is 9.77. The number of benzene rings is 3. The Morgan fingerprint density at radius 2 is 1.65 bits per heavy atom. The number of thioether (sulfide) groups is 1. The lowest BCUT2D eigenvalue weighted by atomic mass is 10.2. The molecule has 3 rings (SSSR count). The number of carbonyl (C=O) groups excluding carboxylic acids is 1. The predicted octanol–water partition coefficient (Wildman–Crippen LogP) is 5.51. The third-order valence-electron chi connectivity index (χ3n) is 4.80. The van der Waals surface area contributed by atoms with Gasteiger partial charge in [-0.15, -0.1) is 11.8 Å². The van der Waals surface area contributed by atoms with E-state index in [4.69, 9.17) is 11.6 Å². The van der Waals surface area contributed by atoms with Gasteiger partial charge in [0, 0.05) is 15.6 Å². The van der Waals surface area contributed by atoms with Crippen molar-refractivity contribution in [1.82, 2.24) is 0 Å². The molecular weight excluding hydrogens is 452 g/mol. The van der Waals surface area contributed by atoms with Gasteiger partial charge in [-0.05, 0) is 74.2 Å². The van der Waals surface area contributed by atoms with Gasteiger partial charge in [0.15, 0.2) is 0 Å². The molecule has 0 aromatic heterocycles. The van der Waals surface area contributed by atoms with Gasteiger partial charge in [-0.3, -0.25) is 9.10 Å². The summed E-state index contributed by atoms with van der Waals surface area (Å²) in [6.07, 6.45) is 1.92. The van der Waals surface area contributed by atoms with Crippen LogP contribution in [0.25, 0.3) is 0 Å². The van der Waals surface area contributed by atoms with Gasteiger partial charge >= 0.3 is 0 Å². The molecule has 0 radical (unpaired) electrons. The number of nitrogens with one attached hydrogen (secondary N) is 1. The SMILES string of the molecule is CSc1ccc(S(=O)(=O)N(CC(=O)Nc2cccc(Cl)c2C)c2ccc(C)cc2)cc1. The molecule has 0 atom stereocenters. The Labute approximate surface area is 192 Å². The average Bonchev–Trinajstić information content (AvgIpc) is 2.76. The molecular formula is C23H23ClN2O3S2. The Morgan fingerprint density at radius 3 is 2.26 bits per heavy atom. The van der Waals surface area contributed by atoms with E-state index in [0.717, 1.165) is 20.3 Å². The second-order valence-corrected chi connectivity index (χ2v) is 10.1. The normalized spacial score (nSPS) is 11.2. The minimum Gasteiger partial charge on any atom is -0.324 e. The number of hydrogen-bond donors (Lipinski definition) is 1. The maximum Gasteiger partial charge on any atom is 0.264 e. The van der Waals surface area contributed by atoms with E-state index in [2.05, 4.69) is 5.32 Å². The van der Waals surface area contributed by atoms with Crippen LogP contribution in [0.15, 0.2) is 76.5 Å². The highest BCUT2D eigenvalue weighted by molar-refractivity contribution is 7.98. The lowest BCUT2D eigenvalue weighted by Gasteiger charge is -2.24. The molecule has 1 amide bonds. The van der Waals surface area contributed by atoms with Crippen molar-refractivity contribution in [2.75, 3.05) is 22.4 Å².